The third kappa shape index (κ3) is 3.29. The van der Waals surface area contributed by atoms with Crippen LogP contribution in [0, 0.1) is 10.1 Å². The largest absolute Gasteiger partial charge is 0.368 e. The molecule has 0 spiro atoms. The Labute approximate surface area is 135 Å². The fourth-order valence-corrected chi connectivity index (χ4v) is 3.40. The number of carbonyl (C=O) groups is 1. The number of amides is 1. The maximum absolute atomic E-state index is 12.6. The Hall–Kier alpha value is -2.15. The number of nitro benzene ring substituents is 1. The van der Waals surface area contributed by atoms with E-state index in [0.29, 0.717) is 13.1 Å². The van der Waals surface area contributed by atoms with E-state index in [1.54, 1.807) is 12.1 Å². The highest BCUT2D eigenvalue weighted by Crippen LogP contribution is 2.22. The van der Waals surface area contributed by atoms with Gasteiger partial charge in [-0.15, -0.1) is 0 Å². The summed E-state index contributed by atoms with van der Waals surface area (Å²) in [5.74, 6) is 0.244. The van der Waals surface area contributed by atoms with Crippen molar-refractivity contribution in [2.24, 2.45) is 0 Å². The van der Waals surface area contributed by atoms with Crippen molar-refractivity contribution >= 4 is 17.3 Å². The summed E-state index contributed by atoms with van der Waals surface area (Å²) in [6, 6.07) is 6.66. The Bertz CT molecular complexity index is 581. The Kier molecular flexibility index (Phi) is 4.47. The van der Waals surface area contributed by atoms with E-state index in [-0.39, 0.29) is 17.6 Å². The molecule has 124 valence electrons. The minimum Gasteiger partial charge on any atom is -0.368 e. The Morgan fingerprint density at radius 2 is 1.78 bits per heavy atom. The van der Waals surface area contributed by atoms with Gasteiger partial charge in [0.05, 0.1) is 11.0 Å². The number of benzene rings is 1. The van der Waals surface area contributed by atoms with Gasteiger partial charge >= 0.3 is 0 Å². The number of hydrogen-bond donors (Lipinski definition) is 0. The van der Waals surface area contributed by atoms with E-state index in [1.807, 2.05) is 11.9 Å². The van der Waals surface area contributed by atoms with Crippen molar-refractivity contribution in [2.45, 2.75) is 18.9 Å². The number of non-ortho nitro benzene ring substituents is 1. The molecular weight excluding hydrogens is 296 g/mol. The molecule has 2 fully saturated rings. The standard InChI is InChI=1S/C16H22N4O3/c1-17-8-2-3-15(17)16(21)19-11-9-18(10-12-19)13-4-6-14(7-5-13)20(22)23/h4-7,15H,2-3,8-12H2,1H3. The van der Waals surface area contributed by atoms with Crippen LogP contribution in [0.4, 0.5) is 11.4 Å². The Morgan fingerprint density at radius 1 is 1.13 bits per heavy atom. The van der Waals surface area contributed by atoms with Crippen LogP contribution in [0.5, 0.6) is 0 Å². The van der Waals surface area contributed by atoms with E-state index < -0.39 is 4.92 Å². The van der Waals surface area contributed by atoms with E-state index in [2.05, 4.69) is 9.80 Å². The van der Waals surface area contributed by atoms with Gasteiger partial charge in [-0.2, -0.15) is 0 Å². The van der Waals surface area contributed by atoms with E-state index in [1.165, 1.54) is 12.1 Å². The molecule has 7 heteroatoms. The average Bonchev–Trinajstić information content (AvgIpc) is 3.00. The van der Waals surface area contributed by atoms with Gasteiger partial charge in [0.15, 0.2) is 0 Å². The monoisotopic (exact) mass is 318 g/mol. The first-order chi connectivity index (χ1) is 11.1. The van der Waals surface area contributed by atoms with Crippen LogP contribution in [0.25, 0.3) is 0 Å². The van der Waals surface area contributed by atoms with E-state index in [0.717, 1.165) is 38.2 Å². The van der Waals surface area contributed by atoms with Gasteiger partial charge in [0.2, 0.25) is 5.91 Å². The summed E-state index contributed by atoms with van der Waals surface area (Å²) in [6.45, 7) is 3.94. The summed E-state index contributed by atoms with van der Waals surface area (Å²) in [6.07, 6.45) is 2.05. The number of hydrogen-bond acceptors (Lipinski definition) is 5. The minimum atomic E-state index is -0.390. The highest BCUT2D eigenvalue weighted by molar-refractivity contribution is 5.82. The van der Waals surface area contributed by atoms with Gasteiger partial charge in [-0.1, -0.05) is 0 Å². The summed E-state index contributed by atoms with van der Waals surface area (Å²) in [5.41, 5.74) is 1.08. The molecule has 1 aromatic carbocycles. The number of rotatable bonds is 3. The molecule has 0 saturated carbocycles. The van der Waals surface area contributed by atoms with Crippen LogP contribution in [-0.2, 0) is 4.79 Å². The predicted molar refractivity (Wildman–Crippen MR) is 87.5 cm³/mol. The molecule has 7 nitrogen and oxygen atoms in total. The normalized spacial score (nSPS) is 22.4. The zero-order chi connectivity index (χ0) is 16.4. The molecule has 0 aliphatic carbocycles. The van der Waals surface area contributed by atoms with E-state index in [9.17, 15) is 14.9 Å². The number of anilines is 1. The van der Waals surface area contributed by atoms with Crippen molar-refractivity contribution in [1.82, 2.24) is 9.80 Å². The Balaban J connectivity index is 1.57. The predicted octanol–water partition coefficient (Wildman–Crippen LogP) is 1.34. The molecule has 3 rings (SSSR count). The van der Waals surface area contributed by atoms with Crippen molar-refractivity contribution in [2.75, 3.05) is 44.7 Å². The molecular formula is C16H22N4O3. The van der Waals surface area contributed by atoms with Gasteiger partial charge in [0, 0.05) is 44.0 Å². The molecule has 0 bridgehead atoms. The third-order valence-corrected chi connectivity index (χ3v) is 4.82. The van der Waals surface area contributed by atoms with Crippen LogP contribution in [-0.4, -0.2) is 66.4 Å². The smallest absolute Gasteiger partial charge is 0.269 e. The second-order valence-corrected chi connectivity index (χ2v) is 6.22. The average molecular weight is 318 g/mol. The van der Waals surface area contributed by atoms with Gasteiger partial charge in [0.1, 0.15) is 0 Å². The molecule has 1 aromatic rings. The molecule has 0 radical (unpaired) electrons. The first kappa shape index (κ1) is 15.7. The van der Waals surface area contributed by atoms with Gasteiger partial charge < -0.3 is 9.80 Å². The number of carbonyl (C=O) groups excluding carboxylic acids is 1. The number of likely N-dealkylation sites (tertiary alicyclic amines) is 1. The molecule has 23 heavy (non-hydrogen) atoms. The molecule has 2 heterocycles. The quantitative estimate of drug-likeness (QED) is 0.621. The van der Waals surface area contributed by atoms with Crippen LogP contribution in [0.1, 0.15) is 12.8 Å². The molecule has 0 aromatic heterocycles. The lowest BCUT2D eigenvalue weighted by molar-refractivity contribution is -0.384. The van der Waals surface area contributed by atoms with E-state index in [4.69, 9.17) is 0 Å². The maximum Gasteiger partial charge on any atom is 0.269 e. The van der Waals surface area contributed by atoms with Crippen LogP contribution >= 0.6 is 0 Å². The van der Waals surface area contributed by atoms with Crippen LogP contribution in [0.15, 0.2) is 24.3 Å². The van der Waals surface area contributed by atoms with Crippen molar-refractivity contribution in [3.05, 3.63) is 34.4 Å². The molecule has 2 aliphatic rings. The zero-order valence-electron chi connectivity index (χ0n) is 13.4. The van der Waals surface area contributed by atoms with Crippen LogP contribution in [0.3, 0.4) is 0 Å². The molecule has 1 atom stereocenters. The van der Waals surface area contributed by atoms with Crippen molar-refractivity contribution in [3.8, 4) is 0 Å². The highest BCUT2D eigenvalue weighted by atomic mass is 16.6. The third-order valence-electron chi connectivity index (χ3n) is 4.82. The molecule has 0 N–H and O–H groups in total. The number of likely N-dealkylation sites (N-methyl/N-ethyl adjacent to an activating group) is 1. The van der Waals surface area contributed by atoms with Crippen molar-refractivity contribution in [1.29, 1.82) is 0 Å². The number of piperazine rings is 1. The number of nitro groups is 1. The van der Waals surface area contributed by atoms with Gasteiger partial charge in [0.25, 0.3) is 5.69 Å². The SMILES string of the molecule is CN1CCCC1C(=O)N1CCN(c2ccc([N+](=O)[O-])cc2)CC1. The molecule has 1 amide bonds. The van der Waals surface area contributed by atoms with Gasteiger partial charge in [-0.25, -0.2) is 0 Å². The fourth-order valence-electron chi connectivity index (χ4n) is 3.40. The van der Waals surface area contributed by atoms with Crippen molar-refractivity contribution in [3.63, 3.8) is 0 Å². The lowest BCUT2D eigenvalue weighted by Crippen LogP contribution is -2.53. The van der Waals surface area contributed by atoms with Crippen LogP contribution < -0.4 is 4.90 Å². The minimum absolute atomic E-state index is 0.0425. The lowest BCUT2D eigenvalue weighted by atomic mass is 10.1. The maximum atomic E-state index is 12.6. The Morgan fingerprint density at radius 3 is 2.30 bits per heavy atom. The zero-order valence-corrected chi connectivity index (χ0v) is 13.4. The summed E-state index contributed by atoms with van der Waals surface area (Å²) in [5, 5.41) is 10.7. The lowest BCUT2D eigenvalue weighted by Gasteiger charge is -2.38. The van der Waals surface area contributed by atoms with Crippen molar-refractivity contribution < 1.29 is 9.72 Å². The first-order valence-electron chi connectivity index (χ1n) is 8.04. The second-order valence-electron chi connectivity index (χ2n) is 6.22. The molecule has 2 aliphatic heterocycles. The first-order valence-corrected chi connectivity index (χ1v) is 8.04. The second kappa shape index (κ2) is 6.54. The molecule has 2 saturated heterocycles. The fraction of sp³-hybridized carbons (Fsp3) is 0.562. The summed E-state index contributed by atoms with van der Waals surface area (Å²) in [4.78, 5) is 29.1. The topological polar surface area (TPSA) is 69.9 Å². The number of nitrogens with zero attached hydrogens (tertiary/aromatic N) is 4. The highest BCUT2D eigenvalue weighted by Gasteiger charge is 2.32. The van der Waals surface area contributed by atoms with Gasteiger partial charge in [-0.3, -0.25) is 19.8 Å². The summed E-state index contributed by atoms with van der Waals surface area (Å²) < 4.78 is 0. The molecule has 1 unspecified atom stereocenters. The summed E-state index contributed by atoms with van der Waals surface area (Å²) >= 11 is 0. The van der Waals surface area contributed by atoms with Crippen LogP contribution in [0.2, 0.25) is 0 Å². The van der Waals surface area contributed by atoms with Gasteiger partial charge in [-0.05, 0) is 38.6 Å². The van der Waals surface area contributed by atoms with E-state index >= 15 is 0 Å². The summed E-state index contributed by atoms with van der Waals surface area (Å²) in [7, 11) is 2.02.